The number of aliphatic hydroxyl groups excluding tert-OH is 1. The van der Waals surface area contributed by atoms with Crippen LogP contribution in [0.5, 0.6) is 0 Å². The van der Waals surface area contributed by atoms with Gasteiger partial charge in [0.15, 0.2) is 0 Å². The largest absolute Gasteiger partial charge is 0.394 e. The van der Waals surface area contributed by atoms with Crippen molar-refractivity contribution in [1.29, 1.82) is 0 Å². The Morgan fingerprint density at radius 3 is 1.40 bits per heavy atom. The van der Waals surface area contributed by atoms with Crippen molar-refractivity contribution in [2.45, 2.75) is 20.0 Å². The van der Waals surface area contributed by atoms with Crippen molar-refractivity contribution in [3.63, 3.8) is 0 Å². The first kappa shape index (κ1) is 9.20. The van der Waals surface area contributed by atoms with Crippen LogP contribution in [0.4, 0.5) is 0 Å². The second kappa shape index (κ2) is 4.70. The van der Waals surface area contributed by atoms with Gasteiger partial charge in [-0.2, -0.15) is 0 Å². The average molecular weight is 168 g/mol. The van der Waals surface area contributed by atoms with Gasteiger partial charge in [-0.25, -0.2) is 0 Å². The van der Waals surface area contributed by atoms with Gasteiger partial charge in [-0.1, -0.05) is 0 Å². The minimum atomic E-state index is -0.167. The van der Waals surface area contributed by atoms with E-state index in [1.54, 1.807) is 13.8 Å². The van der Waals surface area contributed by atoms with Gasteiger partial charge in [-0.3, -0.25) is 0 Å². The fraction of sp³-hybridized carbons (Fsp3) is 1.00. The summed E-state index contributed by atoms with van der Waals surface area (Å²) in [5.74, 6) is 0. The van der Waals surface area contributed by atoms with Crippen molar-refractivity contribution >= 4 is 0 Å². The summed E-state index contributed by atoms with van der Waals surface area (Å²) in [5, 5.41) is 8.06. The summed E-state index contributed by atoms with van der Waals surface area (Å²) < 4.78 is 0. The third-order valence-corrected chi connectivity index (χ3v) is 0. The Bertz CT molecular complexity index is 11.6. The van der Waals surface area contributed by atoms with E-state index in [1.807, 2.05) is 0 Å². The van der Waals surface area contributed by atoms with Gasteiger partial charge in [0.1, 0.15) is 0 Å². The molecule has 0 rings (SSSR count). The molecule has 0 aliphatic carbocycles. The molecule has 0 bridgehead atoms. The molecule has 0 aliphatic rings. The number of rotatable bonds is 0. The Balaban J connectivity index is 0. The molecule has 0 heterocycles. The topological polar surface area (TPSA) is 20.2 Å². The van der Waals surface area contributed by atoms with E-state index in [4.69, 9.17) is 5.11 Å². The van der Waals surface area contributed by atoms with E-state index >= 15 is 0 Å². The number of hydrogen-bond donors (Lipinski definition) is 1. The minimum absolute atomic E-state index is 0. The van der Waals surface area contributed by atoms with Gasteiger partial charge in [-0.15, -0.1) is 0 Å². The molecule has 0 aromatic heterocycles. The van der Waals surface area contributed by atoms with Gasteiger partial charge in [0.25, 0.3) is 0 Å². The molecule has 0 atom stereocenters. The van der Waals surface area contributed by atoms with E-state index in [-0.39, 0.29) is 28.5 Å². The summed E-state index contributed by atoms with van der Waals surface area (Å²) >= 11 is 0. The monoisotopic (exact) mass is 167 g/mol. The second-order valence-corrected chi connectivity index (χ2v) is 1.09. The van der Waals surface area contributed by atoms with Crippen LogP contribution in [0.1, 0.15) is 13.8 Å². The molecule has 5 heavy (non-hydrogen) atoms. The van der Waals surface area contributed by atoms with Crippen LogP contribution in [0.3, 0.4) is 0 Å². The molecule has 0 aromatic carbocycles. The van der Waals surface area contributed by atoms with Crippen molar-refractivity contribution < 1.29 is 27.5 Å². The van der Waals surface area contributed by atoms with E-state index in [1.165, 1.54) is 0 Å². The summed E-state index contributed by atoms with van der Waals surface area (Å²) in [6, 6.07) is 0. The summed E-state index contributed by atoms with van der Waals surface area (Å²) in [6.45, 7) is 3.44. The normalized spacial score (nSPS) is 7.20. The number of aliphatic hydroxyl groups is 1. The van der Waals surface area contributed by atoms with Crippen LogP contribution in [0.2, 0.25) is 0 Å². The van der Waals surface area contributed by atoms with Gasteiger partial charge in [0.2, 0.25) is 0 Å². The molecular weight excluding hydrogens is 160 g/mol. The smallest absolute Gasteiger partial charge is 0.0483 e. The van der Waals surface area contributed by atoms with Crippen LogP contribution in [0, 0.1) is 0 Å². The molecule has 2 heteroatoms. The van der Waals surface area contributed by atoms with E-state index in [9.17, 15) is 0 Å². The zero-order valence-corrected chi connectivity index (χ0v) is 4.81. The first-order chi connectivity index (χ1) is 1.73. The van der Waals surface area contributed by atoms with E-state index in [2.05, 4.69) is 0 Å². The van der Waals surface area contributed by atoms with E-state index in [0.717, 1.165) is 0 Å². The molecule has 0 aliphatic heterocycles. The summed E-state index contributed by atoms with van der Waals surface area (Å²) in [6.07, 6.45) is -0.167. The predicted molar refractivity (Wildman–Crippen MR) is 17.4 cm³/mol. The Morgan fingerprint density at radius 1 is 1.40 bits per heavy atom. The standard InChI is InChI=1S/C3H8O.Ag/c1-3(2)4;/h3-4H,1-2H3;. The van der Waals surface area contributed by atoms with Gasteiger partial charge < -0.3 is 5.11 Å². The Kier molecular flexibility index (Phi) is 8.65. The molecular formula is C3H8AgO. The SMILES string of the molecule is CC(C)O.[Ag]. The third-order valence-electron chi connectivity index (χ3n) is 0. The molecule has 0 amide bonds. The molecule has 0 aromatic rings. The van der Waals surface area contributed by atoms with Crippen LogP contribution in [-0.2, 0) is 22.4 Å². The second-order valence-electron chi connectivity index (χ2n) is 1.09. The van der Waals surface area contributed by atoms with Crippen LogP contribution in [0.15, 0.2) is 0 Å². The van der Waals surface area contributed by atoms with Crippen molar-refractivity contribution in [3.05, 3.63) is 0 Å². The predicted octanol–water partition coefficient (Wildman–Crippen LogP) is 0.385. The number of hydrogen-bond acceptors (Lipinski definition) is 1. The van der Waals surface area contributed by atoms with Gasteiger partial charge in [0.05, 0.1) is 0 Å². The summed E-state index contributed by atoms with van der Waals surface area (Å²) in [4.78, 5) is 0. The van der Waals surface area contributed by atoms with E-state index in [0.29, 0.717) is 0 Å². The Hall–Kier alpha value is 0.700. The van der Waals surface area contributed by atoms with Crippen LogP contribution in [0.25, 0.3) is 0 Å². The molecule has 0 saturated carbocycles. The van der Waals surface area contributed by atoms with Crippen molar-refractivity contribution in [2.24, 2.45) is 0 Å². The maximum Gasteiger partial charge on any atom is 0.0483 e. The van der Waals surface area contributed by atoms with Crippen LogP contribution >= 0.6 is 0 Å². The summed E-state index contributed by atoms with van der Waals surface area (Å²) in [5.41, 5.74) is 0. The molecule has 0 unspecified atom stereocenters. The van der Waals surface area contributed by atoms with E-state index < -0.39 is 0 Å². The Morgan fingerprint density at radius 2 is 1.40 bits per heavy atom. The average Bonchev–Trinajstić information content (AvgIpc) is 0.811. The van der Waals surface area contributed by atoms with Gasteiger partial charge in [0, 0.05) is 28.5 Å². The first-order valence-electron chi connectivity index (χ1n) is 1.41. The van der Waals surface area contributed by atoms with Crippen molar-refractivity contribution in [1.82, 2.24) is 0 Å². The van der Waals surface area contributed by atoms with Gasteiger partial charge in [-0.05, 0) is 13.8 Å². The maximum atomic E-state index is 8.06. The molecule has 0 spiro atoms. The molecule has 37 valence electrons. The van der Waals surface area contributed by atoms with Gasteiger partial charge >= 0.3 is 0 Å². The molecule has 1 radical (unpaired) electrons. The minimum Gasteiger partial charge on any atom is -0.394 e. The maximum absolute atomic E-state index is 8.06. The fourth-order valence-electron chi connectivity index (χ4n) is 0. The third kappa shape index (κ3) is 69.9. The molecule has 0 saturated heterocycles. The summed E-state index contributed by atoms with van der Waals surface area (Å²) in [7, 11) is 0. The fourth-order valence-corrected chi connectivity index (χ4v) is 0. The van der Waals surface area contributed by atoms with Crippen molar-refractivity contribution in [3.8, 4) is 0 Å². The molecule has 1 nitrogen and oxygen atoms in total. The Labute approximate surface area is 47.9 Å². The first-order valence-corrected chi connectivity index (χ1v) is 1.41. The molecule has 1 N–H and O–H groups in total. The van der Waals surface area contributed by atoms with Crippen LogP contribution < -0.4 is 0 Å². The quantitative estimate of drug-likeness (QED) is 0.518. The molecule has 0 fully saturated rings. The van der Waals surface area contributed by atoms with Crippen molar-refractivity contribution in [2.75, 3.05) is 0 Å². The zero-order chi connectivity index (χ0) is 3.58. The zero-order valence-electron chi connectivity index (χ0n) is 3.33. The van der Waals surface area contributed by atoms with Crippen LogP contribution in [-0.4, -0.2) is 11.2 Å².